The molecule has 0 spiro atoms. The van der Waals surface area contributed by atoms with Crippen LogP contribution >= 0.6 is 0 Å². The van der Waals surface area contributed by atoms with Crippen LogP contribution in [0.15, 0.2) is 0 Å². The number of rotatable bonds is 8. The first-order chi connectivity index (χ1) is 7.04. The van der Waals surface area contributed by atoms with Crippen LogP contribution in [0.5, 0.6) is 0 Å². The Hall–Kier alpha value is 0. The highest BCUT2D eigenvalue weighted by Gasteiger charge is 2.22. The zero-order valence-corrected chi connectivity index (χ0v) is 11.8. The summed E-state index contributed by atoms with van der Waals surface area (Å²) in [5, 5.41) is 0. The first kappa shape index (κ1) is 15.0. The van der Waals surface area contributed by atoms with Gasteiger partial charge in [-0.15, -0.1) is 0 Å². The summed E-state index contributed by atoms with van der Waals surface area (Å²) in [6.07, 6.45) is 6.89. The molecule has 0 rings (SSSR count). The predicted octanol–water partition coefficient (Wildman–Crippen LogP) is 5.52. The van der Waals surface area contributed by atoms with Gasteiger partial charge in [0.1, 0.15) is 0 Å². The molecule has 0 nitrogen and oxygen atoms in total. The van der Waals surface area contributed by atoms with Crippen molar-refractivity contribution in [3.8, 4) is 0 Å². The summed E-state index contributed by atoms with van der Waals surface area (Å²) in [4.78, 5) is 0. The van der Waals surface area contributed by atoms with E-state index in [-0.39, 0.29) is 0 Å². The molecule has 0 saturated heterocycles. The summed E-state index contributed by atoms with van der Waals surface area (Å²) in [6, 6.07) is 0. The quantitative estimate of drug-likeness (QED) is 0.497. The van der Waals surface area contributed by atoms with Gasteiger partial charge in [0.2, 0.25) is 0 Å². The number of hydrogen-bond donors (Lipinski definition) is 0. The van der Waals surface area contributed by atoms with Crippen molar-refractivity contribution in [3.63, 3.8) is 0 Å². The lowest BCUT2D eigenvalue weighted by atomic mass is 9.75. The number of hydrogen-bond acceptors (Lipinski definition) is 0. The van der Waals surface area contributed by atoms with E-state index in [0.717, 1.165) is 23.7 Å². The van der Waals surface area contributed by atoms with Gasteiger partial charge in [0.25, 0.3) is 0 Å². The standard InChI is InChI=1S/C15H32/c1-7-9-11-13(4)15(6)14(5)12(3)10-8-2/h12-15H,7-11H2,1-6H3. The average Bonchev–Trinajstić information content (AvgIpc) is 2.24. The SMILES string of the molecule is CCCCC(C)C(C)C(C)C(C)CCC. The van der Waals surface area contributed by atoms with Crippen molar-refractivity contribution in [2.75, 3.05) is 0 Å². The minimum absolute atomic E-state index is 0.886. The van der Waals surface area contributed by atoms with Crippen LogP contribution in [0.1, 0.15) is 73.6 Å². The molecule has 0 aromatic heterocycles. The highest BCUT2D eigenvalue weighted by molar-refractivity contribution is 4.72. The van der Waals surface area contributed by atoms with Crippen LogP contribution in [0.4, 0.5) is 0 Å². The van der Waals surface area contributed by atoms with Crippen LogP contribution in [-0.4, -0.2) is 0 Å². The molecule has 4 atom stereocenters. The minimum atomic E-state index is 0.886. The molecule has 0 heterocycles. The van der Waals surface area contributed by atoms with Gasteiger partial charge in [-0.3, -0.25) is 0 Å². The zero-order chi connectivity index (χ0) is 11.8. The number of unbranched alkanes of at least 4 members (excludes halogenated alkanes) is 1. The molecule has 0 bridgehead atoms. The summed E-state index contributed by atoms with van der Waals surface area (Å²) in [5.41, 5.74) is 0. The molecule has 0 aromatic rings. The van der Waals surface area contributed by atoms with E-state index >= 15 is 0 Å². The second-order valence-electron chi connectivity index (χ2n) is 5.60. The van der Waals surface area contributed by atoms with E-state index in [1.165, 1.54) is 32.1 Å². The average molecular weight is 212 g/mol. The molecule has 0 aliphatic rings. The first-order valence-corrected chi connectivity index (χ1v) is 7.04. The van der Waals surface area contributed by atoms with E-state index in [4.69, 9.17) is 0 Å². The Balaban J connectivity index is 3.99. The van der Waals surface area contributed by atoms with Crippen molar-refractivity contribution in [1.29, 1.82) is 0 Å². The lowest BCUT2D eigenvalue weighted by Crippen LogP contribution is -2.22. The van der Waals surface area contributed by atoms with E-state index in [1.54, 1.807) is 0 Å². The maximum Gasteiger partial charge on any atom is -0.0389 e. The van der Waals surface area contributed by atoms with Crippen LogP contribution in [0, 0.1) is 23.7 Å². The lowest BCUT2D eigenvalue weighted by Gasteiger charge is -2.30. The maximum atomic E-state index is 2.46. The Kier molecular flexibility index (Phi) is 8.19. The van der Waals surface area contributed by atoms with E-state index in [9.17, 15) is 0 Å². The van der Waals surface area contributed by atoms with Crippen LogP contribution in [0.3, 0.4) is 0 Å². The van der Waals surface area contributed by atoms with Crippen molar-refractivity contribution in [1.82, 2.24) is 0 Å². The van der Waals surface area contributed by atoms with Crippen molar-refractivity contribution in [3.05, 3.63) is 0 Å². The lowest BCUT2D eigenvalue weighted by molar-refractivity contribution is 0.194. The fourth-order valence-corrected chi connectivity index (χ4v) is 2.54. The Morgan fingerprint density at radius 3 is 1.53 bits per heavy atom. The van der Waals surface area contributed by atoms with E-state index in [1.807, 2.05) is 0 Å². The van der Waals surface area contributed by atoms with Gasteiger partial charge in [-0.25, -0.2) is 0 Å². The minimum Gasteiger partial charge on any atom is -0.0654 e. The highest BCUT2D eigenvalue weighted by atomic mass is 14.3. The third-order valence-corrected chi connectivity index (χ3v) is 4.38. The molecule has 0 amide bonds. The summed E-state index contributed by atoms with van der Waals surface area (Å²) < 4.78 is 0. The fraction of sp³-hybridized carbons (Fsp3) is 1.00. The fourth-order valence-electron chi connectivity index (χ4n) is 2.54. The van der Waals surface area contributed by atoms with Gasteiger partial charge in [0, 0.05) is 0 Å². The van der Waals surface area contributed by atoms with Gasteiger partial charge in [-0.2, -0.15) is 0 Å². The van der Waals surface area contributed by atoms with Crippen LogP contribution in [-0.2, 0) is 0 Å². The molecule has 0 N–H and O–H groups in total. The first-order valence-electron chi connectivity index (χ1n) is 7.04. The monoisotopic (exact) mass is 212 g/mol. The molecule has 0 fully saturated rings. The van der Waals surface area contributed by atoms with Crippen LogP contribution in [0.25, 0.3) is 0 Å². The summed E-state index contributed by atoms with van der Waals surface area (Å²) >= 11 is 0. The maximum absolute atomic E-state index is 2.46. The topological polar surface area (TPSA) is 0 Å². The van der Waals surface area contributed by atoms with E-state index in [0.29, 0.717) is 0 Å². The zero-order valence-electron chi connectivity index (χ0n) is 11.8. The molecule has 0 heteroatoms. The summed E-state index contributed by atoms with van der Waals surface area (Å²) in [5.74, 6) is 3.57. The molecule has 0 aliphatic carbocycles. The Morgan fingerprint density at radius 1 is 0.667 bits per heavy atom. The second-order valence-corrected chi connectivity index (χ2v) is 5.60. The van der Waals surface area contributed by atoms with E-state index in [2.05, 4.69) is 41.5 Å². The van der Waals surface area contributed by atoms with Crippen LogP contribution in [0.2, 0.25) is 0 Å². The molecular formula is C15H32. The summed E-state index contributed by atoms with van der Waals surface area (Å²) in [6.45, 7) is 14.4. The molecule has 0 saturated carbocycles. The van der Waals surface area contributed by atoms with Crippen LogP contribution < -0.4 is 0 Å². The van der Waals surface area contributed by atoms with Gasteiger partial charge >= 0.3 is 0 Å². The van der Waals surface area contributed by atoms with Gasteiger partial charge in [0.15, 0.2) is 0 Å². The normalized spacial score (nSPS) is 19.6. The Bertz CT molecular complexity index is 139. The van der Waals surface area contributed by atoms with E-state index < -0.39 is 0 Å². The van der Waals surface area contributed by atoms with Crippen molar-refractivity contribution in [2.24, 2.45) is 23.7 Å². The Morgan fingerprint density at radius 2 is 1.13 bits per heavy atom. The predicted molar refractivity (Wildman–Crippen MR) is 71.1 cm³/mol. The van der Waals surface area contributed by atoms with Crippen molar-refractivity contribution >= 4 is 0 Å². The van der Waals surface area contributed by atoms with Gasteiger partial charge in [0.05, 0.1) is 0 Å². The molecule has 15 heavy (non-hydrogen) atoms. The second kappa shape index (κ2) is 8.19. The third-order valence-electron chi connectivity index (χ3n) is 4.38. The molecular weight excluding hydrogens is 180 g/mol. The Labute approximate surface area is 97.8 Å². The molecule has 0 aliphatic heterocycles. The van der Waals surface area contributed by atoms with Gasteiger partial charge < -0.3 is 0 Å². The summed E-state index contributed by atoms with van der Waals surface area (Å²) in [7, 11) is 0. The third kappa shape index (κ3) is 5.58. The molecule has 92 valence electrons. The smallest absolute Gasteiger partial charge is 0.0389 e. The highest BCUT2D eigenvalue weighted by Crippen LogP contribution is 2.31. The van der Waals surface area contributed by atoms with Crippen molar-refractivity contribution in [2.45, 2.75) is 73.6 Å². The van der Waals surface area contributed by atoms with Crippen molar-refractivity contribution < 1.29 is 0 Å². The van der Waals surface area contributed by atoms with Gasteiger partial charge in [-0.1, -0.05) is 73.6 Å². The molecule has 0 radical (unpaired) electrons. The molecule has 4 unspecified atom stereocenters. The van der Waals surface area contributed by atoms with Gasteiger partial charge in [-0.05, 0) is 23.7 Å². The molecule has 0 aromatic carbocycles. The largest absolute Gasteiger partial charge is 0.0654 e.